The van der Waals surface area contributed by atoms with Gasteiger partial charge in [-0.25, -0.2) is 0 Å². The Labute approximate surface area is 137 Å². The molecule has 21 heavy (non-hydrogen) atoms. The average molecular weight is 320 g/mol. The molecule has 0 bridgehead atoms. The van der Waals surface area contributed by atoms with Crippen molar-refractivity contribution in [2.45, 2.75) is 37.5 Å². The van der Waals surface area contributed by atoms with Crippen molar-refractivity contribution in [2.75, 3.05) is 6.54 Å². The summed E-state index contributed by atoms with van der Waals surface area (Å²) < 4.78 is 0. The van der Waals surface area contributed by atoms with Crippen molar-refractivity contribution in [2.24, 2.45) is 0 Å². The van der Waals surface area contributed by atoms with Crippen LogP contribution in [0.15, 0.2) is 47.4 Å². The average Bonchev–Trinajstić information content (AvgIpc) is 2.49. The first-order valence-corrected chi connectivity index (χ1v) is 8.73. The van der Waals surface area contributed by atoms with Crippen LogP contribution in [-0.2, 0) is 12.3 Å². The normalized spacial score (nSPS) is 10.8. The van der Waals surface area contributed by atoms with Gasteiger partial charge >= 0.3 is 0 Å². The zero-order chi connectivity index (χ0) is 15.1. The number of nitrogens with one attached hydrogen (secondary N) is 1. The number of hydrogen-bond donors (Lipinski definition) is 1. The summed E-state index contributed by atoms with van der Waals surface area (Å²) in [6, 6.07) is 14.8. The van der Waals surface area contributed by atoms with Crippen LogP contribution in [0.1, 0.15) is 30.0 Å². The van der Waals surface area contributed by atoms with E-state index in [-0.39, 0.29) is 0 Å². The third-order valence-electron chi connectivity index (χ3n) is 3.38. The van der Waals surface area contributed by atoms with Crippen molar-refractivity contribution < 1.29 is 0 Å². The molecule has 1 N–H and O–H groups in total. The fourth-order valence-electron chi connectivity index (χ4n) is 2.10. The maximum absolute atomic E-state index is 5.91. The highest BCUT2D eigenvalue weighted by Crippen LogP contribution is 2.25. The van der Waals surface area contributed by atoms with Gasteiger partial charge < -0.3 is 5.32 Å². The molecule has 0 aliphatic carbocycles. The maximum atomic E-state index is 5.91. The molecule has 0 fully saturated rings. The lowest BCUT2D eigenvalue weighted by Crippen LogP contribution is -2.14. The van der Waals surface area contributed by atoms with Crippen molar-refractivity contribution in [3.63, 3.8) is 0 Å². The molecule has 0 aliphatic rings. The predicted molar refractivity (Wildman–Crippen MR) is 94.2 cm³/mol. The Morgan fingerprint density at radius 2 is 1.86 bits per heavy atom. The zero-order valence-corrected chi connectivity index (χ0v) is 14.2. The summed E-state index contributed by atoms with van der Waals surface area (Å²) in [4.78, 5) is 1.32. The van der Waals surface area contributed by atoms with Gasteiger partial charge in [-0.05, 0) is 60.8 Å². The molecule has 2 aromatic carbocycles. The lowest BCUT2D eigenvalue weighted by Gasteiger charge is -2.09. The standard InChI is InChI=1S/C18H22ClNS/c1-3-10-20-12-16-6-9-18(11-14(16)2)21-13-15-4-7-17(19)8-5-15/h4-9,11,20H,3,10,12-13H2,1-2H3. The van der Waals surface area contributed by atoms with Gasteiger partial charge in [0, 0.05) is 22.2 Å². The molecule has 0 spiro atoms. The second-order valence-corrected chi connectivity index (χ2v) is 6.67. The van der Waals surface area contributed by atoms with Crippen molar-refractivity contribution in [3.8, 4) is 0 Å². The number of aryl methyl sites for hydroxylation is 1. The van der Waals surface area contributed by atoms with Gasteiger partial charge in [-0.3, -0.25) is 0 Å². The van der Waals surface area contributed by atoms with Crippen LogP contribution in [0, 0.1) is 6.92 Å². The number of halogens is 1. The Kier molecular flexibility index (Phi) is 6.62. The lowest BCUT2D eigenvalue weighted by atomic mass is 10.1. The molecule has 1 nitrogen and oxygen atoms in total. The van der Waals surface area contributed by atoms with Crippen LogP contribution in [0.5, 0.6) is 0 Å². The van der Waals surface area contributed by atoms with Crippen LogP contribution >= 0.6 is 23.4 Å². The van der Waals surface area contributed by atoms with Crippen LogP contribution in [-0.4, -0.2) is 6.54 Å². The Morgan fingerprint density at radius 3 is 2.52 bits per heavy atom. The molecule has 2 aromatic rings. The fourth-order valence-corrected chi connectivity index (χ4v) is 3.18. The molecule has 112 valence electrons. The maximum Gasteiger partial charge on any atom is 0.0406 e. The van der Waals surface area contributed by atoms with E-state index in [1.165, 1.54) is 28.0 Å². The summed E-state index contributed by atoms with van der Waals surface area (Å²) in [6.07, 6.45) is 1.17. The first-order chi connectivity index (χ1) is 10.2. The second kappa shape index (κ2) is 8.47. The molecule has 0 heterocycles. The SMILES string of the molecule is CCCNCc1ccc(SCc2ccc(Cl)cc2)cc1C. The van der Waals surface area contributed by atoms with Crippen LogP contribution in [0.3, 0.4) is 0 Å². The van der Waals surface area contributed by atoms with Gasteiger partial charge in [-0.15, -0.1) is 11.8 Å². The quantitative estimate of drug-likeness (QED) is 0.538. The first kappa shape index (κ1) is 16.4. The summed E-state index contributed by atoms with van der Waals surface area (Å²) in [5.41, 5.74) is 4.05. The van der Waals surface area contributed by atoms with Gasteiger partial charge in [0.25, 0.3) is 0 Å². The predicted octanol–water partition coefficient (Wildman–Crippen LogP) is 5.44. The minimum Gasteiger partial charge on any atom is -0.313 e. The zero-order valence-electron chi connectivity index (χ0n) is 12.7. The fraction of sp³-hybridized carbons (Fsp3) is 0.333. The highest BCUT2D eigenvalue weighted by Gasteiger charge is 2.02. The highest BCUT2D eigenvalue weighted by molar-refractivity contribution is 7.98. The van der Waals surface area contributed by atoms with Crippen LogP contribution < -0.4 is 5.32 Å². The number of thioether (sulfide) groups is 1. The molecule has 0 amide bonds. The van der Waals surface area contributed by atoms with Gasteiger partial charge in [0.15, 0.2) is 0 Å². The Bertz CT molecular complexity index is 566. The van der Waals surface area contributed by atoms with Crippen LogP contribution in [0.4, 0.5) is 0 Å². The summed E-state index contributed by atoms with van der Waals surface area (Å²) >= 11 is 7.77. The van der Waals surface area contributed by atoms with Crippen molar-refractivity contribution >= 4 is 23.4 Å². The molecular weight excluding hydrogens is 298 g/mol. The second-order valence-electron chi connectivity index (χ2n) is 5.18. The Hall–Kier alpha value is -0.960. The van der Waals surface area contributed by atoms with E-state index in [2.05, 4.69) is 49.5 Å². The highest BCUT2D eigenvalue weighted by atomic mass is 35.5. The van der Waals surface area contributed by atoms with Crippen molar-refractivity contribution in [1.29, 1.82) is 0 Å². The van der Waals surface area contributed by atoms with Crippen molar-refractivity contribution in [3.05, 3.63) is 64.2 Å². The Morgan fingerprint density at radius 1 is 1.10 bits per heavy atom. The van der Waals surface area contributed by atoms with E-state index in [0.29, 0.717) is 0 Å². The third-order valence-corrected chi connectivity index (χ3v) is 4.69. The van der Waals surface area contributed by atoms with Gasteiger partial charge in [0.05, 0.1) is 0 Å². The largest absolute Gasteiger partial charge is 0.313 e. The summed E-state index contributed by atoms with van der Waals surface area (Å²) in [6.45, 7) is 6.42. The molecule has 0 saturated heterocycles. The topological polar surface area (TPSA) is 12.0 Å². The molecule has 0 radical (unpaired) electrons. The molecular formula is C18H22ClNS. The molecule has 0 unspecified atom stereocenters. The summed E-state index contributed by atoms with van der Waals surface area (Å²) in [5.74, 6) is 0.976. The molecule has 2 rings (SSSR count). The van der Waals surface area contributed by atoms with Crippen molar-refractivity contribution in [1.82, 2.24) is 5.32 Å². The van der Waals surface area contributed by atoms with E-state index >= 15 is 0 Å². The van der Waals surface area contributed by atoms with Crippen LogP contribution in [0.25, 0.3) is 0 Å². The minimum absolute atomic E-state index is 0.795. The summed E-state index contributed by atoms with van der Waals surface area (Å²) in [5, 5.41) is 4.25. The summed E-state index contributed by atoms with van der Waals surface area (Å²) in [7, 11) is 0. The van der Waals surface area contributed by atoms with Gasteiger partial charge in [-0.2, -0.15) is 0 Å². The minimum atomic E-state index is 0.795. The molecule has 0 atom stereocenters. The monoisotopic (exact) mass is 319 g/mol. The van der Waals surface area contributed by atoms with Gasteiger partial charge in [-0.1, -0.05) is 36.7 Å². The van der Waals surface area contributed by atoms with Gasteiger partial charge in [0.1, 0.15) is 0 Å². The number of benzene rings is 2. The third kappa shape index (κ3) is 5.39. The molecule has 0 saturated carbocycles. The van der Waals surface area contributed by atoms with E-state index in [1.807, 2.05) is 23.9 Å². The van der Waals surface area contributed by atoms with Gasteiger partial charge in [0.2, 0.25) is 0 Å². The van der Waals surface area contributed by atoms with E-state index < -0.39 is 0 Å². The van der Waals surface area contributed by atoms with E-state index in [4.69, 9.17) is 11.6 Å². The molecule has 0 aromatic heterocycles. The number of hydrogen-bond acceptors (Lipinski definition) is 2. The lowest BCUT2D eigenvalue weighted by molar-refractivity contribution is 0.673. The molecule has 3 heteroatoms. The smallest absolute Gasteiger partial charge is 0.0406 e. The van der Waals surface area contributed by atoms with E-state index in [0.717, 1.165) is 23.9 Å². The van der Waals surface area contributed by atoms with Crippen LogP contribution in [0.2, 0.25) is 5.02 Å². The Balaban J connectivity index is 1.92. The van der Waals surface area contributed by atoms with E-state index in [1.54, 1.807) is 0 Å². The van der Waals surface area contributed by atoms with E-state index in [9.17, 15) is 0 Å². The molecule has 0 aliphatic heterocycles. The first-order valence-electron chi connectivity index (χ1n) is 7.36. The number of rotatable bonds is 7.